The molecule has 1 aromatic rings. The Morgan fingerprint density at radius 3 is 2.48 bits per heavy atom. The van der Waals surface area contributed by atoms with Gasteiger partial charge in [-0.05, 0) is 20.2 Å². The summed E-state index contributed by atoms with van der Waals surface area (Å²) < 4.78 is 0. The van der Waals surface area contributed by atoms with Crippen LogP contribution in [0.1, 0.15) is 13.3 Å². The minimum Gasteiger partial charge on any atom is -0.372 e. The van der Waals surface area contributed by atoms with Crippen molar-refractivity contribution in [3.63, 3.8) is 0 Å². The average molecular weight is 294 g/mol. The quantitative estimate of drug-likeness (QED) is 0.614. The Kier molecular flexibility index (Phi) is 6.10. The standard InChI is InChI=1S/C14H22N4O3/c1-5-14(19)15-12-10-11(18(20)21)6-7-13(12)17(4)9-8-16(2)3/h6-7,10H,5,8-9H2,1-4H3,(H,15,19). The maximum atomic E-state index is 11.6. The van der Waals surface area contributed by atoms with E-state index in [1.807, 2.05) is 30.9 Å². The van der Waals surface area contributed by atoms with E-state index in [9.17, 15) is 14.9 Å². The largest absolute Gasteiger partial charge is 0.372 e. The molecular formula is C14H22N4O3. The Morgan fingerprint density at radius 1 is 1.29 bits per heavy atom. The van der Waals surface area contributed by atoms with Gasteiger partial charge in [-0.15, -0.1) is 0 Å². The number of carbonyl (C=O) groups excluding carboxylic acids is 1. The highest BCUT2D eigenvalue weighted by Crippen LogP contribution is 2.29. The highest BCUT2D eigenvalue weighted by molar-refractivity contribution is 5.94. The Labute approximate surface area is 124 Å². The number of anilines is 2. The van der Waals surface area contributed by atoms with Gasteiger partial charge in [-0.2, -0.15) is 0 Å². The second-order valence-corrected chi connectivity index (χ2v) is 5.09. The first-order valence-electron chi connectivity index (χ1n) is 6.79. The van der Waals surface area contributed by atoms with E-state index in [4.69, 9.17) is 0 Å². The van der Waals surface area contributed by atoms with Gasteiger partial charge >= 0.3 is 0 Å². The molecule has 0 saturated carbocycles. The van der Waals surface area contributed by atoms with Gasteiger partial charge in [0.2, 0.25) is 5.91 Å². The molecule has 0 radical (unpaired) electrons. The minimum atomic E-state index is -0.467. The topological polar surface area (TPSA) is 78.7 Å². The molecular weight excluding hydrogens is 272 g/mol. The van der Waals surface area contributed by atoms with Crippen molar-refractivity contribution >= 4 is 23.0 Å². The summed E-state index contributed by atoms with van der Waals surface area (Å²) >= 11 is 0. The van der Waals surface area contributed by atoms with E-state index in [0.29, 0.717) is 12.1 Å². The number of carbonyl (C=O) groups is 1. The summed E-state index contributed by atoms with van der Waals surface area (Å²) in [6.07, 6.45) is 0.323. The summed E-state index contributed by atoms with van der Waals surface area (Å²) in [5.74, 6) is -0.169. The molecule has 0 bridgehead atoms. The lowest BCUT2D eigenvalue weighted by atomic mass is 10.2. The fraction of sp³-hybridized carbons (Fsp3) is 0.500. The molecule has 1 N–H and O–H groups in total. The summed E-state index contributed by atoms with van der Waals surface area (Å²) in [5.41, 5.74) is 1.20. The van der Waals surface area contributed by atoms with Gasteiger partial charge in [0, 0.05) is 38.7 Å². The number of benzene rings is 1. The van der Waals surface area contributed by atoms with Crippen LogP contribution in [-0.2, 0) is 4.79 Å². The van der Waals surface area contributed by atoms with E-state index in [1.54, 1.807) is 13.0 Å². The second kappa shape index (κ2) is 7.58. The lowest BCUT2D eigenvalue weighted by molar-refractivity contribution is -0.384. The molecule has 1 amide bonds. The van der Waals surface area contributed by atoms with Crippen molar-refractivity contribution in [3.05, 3.63) is 28.3 Å². The van der Waals surface area contributed by atoms with Crippen LogP contribution < -0.4 is 10.2 Å². The van der Waals surface area contributed by atoms with Crippen molar-refractivity contribution in [2.24, 2.45) is 0 Å². The third-order valence-corrected chi connectivity index (χ3v) is 3.08. The molecule has 0 aliphatic heterocycles. The summed E-state index contributed by atoms with van der Waals surface area (Å²) in [7, 11) is 5.85. The third-order valence-electron chi connectivity index (χ3n) is 3.08. The molecule has 0 heterocycles. The van der Waals surface area contributed by atoms with Crippen LogP contribution >= 0.6 is 0 Å². The van der Waals surface area contributed by atoms with Crippen molar-refractivity contribution in [1.82, 2.24) is 4.90 Å². The van der Waals surface area contributed by atoms with Crippen LogP contribution in [0.2, 0.25) is 0 Å². The van der Waals surface area contributed by atoms with Crippen LogP contribution in [0.5, 0.6) is 0 Å². The van der Waals surface area contributed by atoms with Crippen molar-refractivity contribution in [2.75, 3.05) is 44.4 Å². The SMILES string of the molecule is CCC(=O)Nc1cc([N+](=O)[O-])ccc1N(C)CCN(C)C. The van der Waals surface area contributed by atoms with E-state index < -0.39 is 4.92 Å². The Hall–Kier alpha value is -2.15. The van der Waals surface area contributed by atoms with Crippen LogP contribution in [0, 0.1) is 10.1 Å². The summed E-state index contributed by atoms with van der Waals surface area (Å²) in [6.45, 7) is 3.33. The van der Waals surface area contributed by atoms with Crippen LogP contribution in [0.15, 0.2) is 18.2 Å². The summed E-state index contributed by atoms with van der Waals surface area (Å²) in [5, 5.41) is 13.6. The van der Waals surface area contributed by atoms with Gasteiger partial charge in [0.1, 0.15) is 0 Å². The predicted octanol–water partition coefficient (Wildman–Crippen LogP) is 1.94. The second-order valence-electron chi connectivity index (χ2n) is 5.09. The zero-order valence-electron chi connectivity index (χ0n) is 12.9. The smallest absolute Gasteiger partial charge is 0.271 e. The summed E-state index contributed by atoms with van der Waals surface area (Å²) in [6, 6.07) is 4.51. The van der Waals surface area contributed by atoms with Gasteiger partial charge in [-0.1, -0.05) is 6.92 Å². The first-order chi connectivity index (χ1) is 9.85. The van der Waals surface area contributed by atoms with Crippen LogP contribution in [0.4, 0.5) is 17.1 Å². The molecule has 0 aromatic heterocycles. The van der Waals surface area contributed by atoms with Crippen molar-refractivity contribution in [3.8, 4) is 0 Å². The van der Waals surface area contributed by atoms with Gasteiger partial charge in [0.15, 0.2) is 0 Å². The summed E-state index contributed by atoms with van der Waals surface area (Å²) in [4.78, 5) is 26.0. The number of rotatable bonds is 7. The van der Waals surface area contributed by atoms with Crippen LogP contribution in [0.25, 0.3) is 0 Å². The molecule has 0 saturated heterocycles. The maximum Gasteiger partial charge on any atom is 0.271 e. The van der Waals surface area contributed by atoms with Crippen LogP contribution in [0.3, 0.4) is 0 Å². The van der Waals surface area contributed by atoms with Crippen molar-refractivity contribution in [1.29, 1.82) is 0 Å². The van der Waals surface area contributed by atoms with E-state index in [1.165, 1.54) is 12.1 Å². The van der Waals surface area contributed by atoms with Crippen molar-refractivity contribution < 1.29 is 9.72 Å². The Bertz CT molecular complexity index is 517. The van der Waals surface area contributed by atoms with Gasteiger partial charge in [0.05, 0.1) is 16.3 Å². The fourth-order valence-electron chi connectivity index (χ4n) is 1.78. The lowest BCUT2D eigenvalue weighted by Gasteiger charge is -2.24. The molecule has 7 nitrogen and oxygen atoms in total. The third kappa shape index (κ3) is 5.03. The molecule has 0 aliphatic rings. The van der Waals surface area contributed by atoms with Gasteiger partial charge in [-0.25, -0.2) is 0 Å². The molecule has 0 aliphatic carbocycles. The number of non-ortho nitro benzene ring substituents is 1. The number of likely N-dealkylation sites (N-methyl/N-ethyl adjacent to an activating group) is 2. The fourth-order valence-corrected chi connectivity index (χ4v) is 1.78. The molecule has 0 unspecified atom stereocenters. The molecule has 7 heteroatoms. The lowest BCUT2D eigenvalue weighted by Crippen LogP contribution is -2.29. The number of nitrogens with zero attached hydrogens (tertiary/aromatic N) is 3. The number of nitro groups is 1. The maximum absolute atomic E-state index is 11.6. The number of amides is 1. The first-order valence-corrected chi connectivity index (χ1v) is 6.79. The van der Waals surface area contributed by atoms with Gasteiger partial charge in [0.25, 0.3) is 5.69 Å². The Morgan fingerprint density at radius 2 is 1.95 bits per heavy atom. The van der Waals surface area contributed by atoms with Gasteiger partial charge < -0.3 is 15.1 Å². The van der Waals surface area contributed by atoms with E-state index in [-0.39, 0.29) is 11.6 Å². The number of nitrogens with one attached hydrogen (secondary N) is 1. The highest BCUT2D eigenvalue weighted by Gasteiger charge is 2.15. The van der Waals surface area contributed by atoms with E-state index in [2.05, 4.69) is 5.32 Å². The normalized spacial score (nSPS) is 10.5. The average Bonchev–Trinajstić information content (AvgIpc) is 2.44. The molecule has 21 heavy (non-hydrogen) atoms. The molecule has 0 spiro atoms. The molecule has 1 aromatic carbocycles. The minimum absolute atomic E-state index is 0.0360. The van der Waals surface area contributed by atoms with Gasteiger partial charge in [-0.3, -0.25) is 14.9 Å². The van der Waals surface area contributed by atoms with Crippen molar-refractivity contribution in [2.45, 2.75) is 13.3 Å². The van der Waals surface area contributed by atoms with Crippen LogP contribution in [-0.4, -0.2) is 50.0 Å². The Balaban J connectivity index is 3.05. The molecule has 0 atom stereocenters. The predicted molar refractivity (Wildman–Crippen MR) is 83.8 cm³/mol. The monoisotopic (exact) mass is 294 g/mol. The number of nitro benzene ring substituents is 1. The highest BCUT2D eigenvalue weighted by atomic mass is 16.6. The first kappa shape index (κ1) is 16.9. The zero-order valence-corrected chi connectivity index (χ0v) is 12.9. The van der Waals surface area contributed by atoms with E-state index >= 15 is 0 Å². The number of hydrogen-bond donors (Lipinski definition) is 1. The molecule has 0 fully saturated rings. The molecule has 116 valence electrons. The number of hydrogen-bond acceptors (Lipinski definition) is 5. The van der Waals surface area contributed by atoms with E-state index in [0.717, 1.165) is 18.8 Å². The molecule has 1 rings (SSSR count). The zero-order chi connectivity index (χ0) is 16.0.